The maximum atomic E-state index is 6.04. The monoisotopic (exact) mass is 280 g/mol. The van der Waals surface area contributed by atoms with Gasteiger partial charge in [-0.05, 0) is 26.4 Å². The number of morpholine rings is 1. The number of nitrogens with one attached hydrogen (secondary N) is 1. The molecule has 2 unspecified atom stereocenters. The molecule has 5 heteroatoms. The molecule has 0 bridgehead atoms. The van der Waals surface area contributed by atoms with Crippen molar-refractivity contribution in [2.24, 2.45) is 0 Å². The summed E-state index contributed by atoms with van der Waals surface area (Å²) in [4.78, 5) is 7.02. The van der Waals surface area contributed by atoms with Gasteiger partial charge < -0.3 is 14.6 Å². The molecule has 1 N–H and O–H groups in total. The van der Waals surface area contributed by atoms with Gasteiger partial charge in [-0.15, -0.1) is 0 Å². The van der Waals surface area contributed by atoms with E-state index in [4.69, 9.17) is 4.74 Å². The molecule has 1 aromatic heterocycles. The molecule has 1 aliphatic heterocycles. The average Bonchev–Trinajstić information content (AvgIpc) is 2.96. The second-order valence-electron chi connectivity index (χ2n) is 5.31. The van der Waals surface area contributed by atoms with Crippen molar-refractivity contribution in [1.29, 1.82) is 0 Å². The Morgan fingerprint density at radius 3 is 2.95 bits per heavy atom. The third-order valence-corrected chi connectivity index (χ3v) is 3.98. The molecule has 20 heavy (non-hydrogen) atoms. The summed E-state index contributed by atoms with van der Waals surface area (Å²) in [5, 5.41) is 3.63. The fourth-order valence-electron chi connectivity index (χ4n) is 2.78. The summed E-state index contributed by atoms with van der Waals surface area (Å²) in [6.45, 7) is 12.4. The summed E-state index contributed by atoms with van der Waals surface area (Å²) in [5.74, 6) is 1.10. The Balaban J connectivity index is 2.14. The van der Waals surface area contributed by atoms with Crippen LogP contribution in [0.5, 0.6) is 0 Å². The highest BCUT2D eigenvalue weighted by molar-refractivity contribution is 5.03. The maximum absolute atomic E-state index is 6.04. The molecular weight excluding hydrogens is 252 g/mol. The molecule has 0 aromatic carbocycles. The Morgan fingerprint density at radius 1 is 1.40 bits per heavy atom. The highest BCUT2D eigenvalue weighted by Gasteiger charge is 2.30. The molecule has 0 amide bonds. The molecule has 0 radical (unpaired) electrons. The summed E-state index contributed by atoms with van der Waals surface area (Å²) >= 11 is 0. The van der Waals surface area contributed by atoms with E-state index < -0.39 is 0 Å². The van der Waals surface area contributed by atoms with Gasteiger partial charge in [0.15, 0.2) is 0 Å². The van der Waals surface area contributed by atoms with Gasteiger partial charge in [0.1, 0.15) is 5.82 Å². The van der Waals surface area contributed by atoms with Crippen LogP contribution >= 0.6 is 0 Å². The zero-order chi connectivity index (χ0) is 14.4. The molecule has 1 aliphatic rings. The Bertz CT molecular complexity index is 393. The van der Waals surface area contributed by atoms with Crippen molar-refractivity contribution in [1.82, 2.24) is 19.8 Å². The number of ether oxygens (including phenoxy) is 1. The lowest BCUT2D eigenvalue weighted by molar-refractivity contribution is -0.0474. The Labute approximate surface area is 122 Å². The minimum absolute atomic E-state index is 0.180. The highest BCUT2D eigenvalue weighted by Crippen LogP contribution is 2.21. The van der Waals surface area contributed by atoms with Gasteiger partial charge in [0.05, 0.1) is 18.8 Å². The van der Waals surface area contributed by atoms with Crippen LogP contribution in [0.1, 0.15) is 39.1 Å². The number of hydrogen-bond donors (Lipinski definition) is 1. The van der Waals surface area contributed by atoms with E-state index >= 15 is 0 Å². The second kappa shape index (κ2) is 7.76. The lowest BCUT2D eigenvalue weighted by Crippen LogP contribution is -2.48. The number of aromatic nitrogens is 2. The lowest BCUT2D eigenvalue weighted by atomic mass is 10.1. The largest absolute Gasteiger partial charge is 0.373 e. The zero-order valence-electron chi connectivity index (χ0n) is 13.0. The maximum Gasteiger partial charge on any atom is 0.128 e. The number of likely N-dealkylation sites (N-methyl/N-ethyl adjacent to an activating group) is 1. The third-order valence-electron chi connectivity index (χ3n) is 3.98. The molecule has 1 fully saturated rings. The van der Waals surface area contributed by atoms with Crippen molar-refractivity contribution < 1.29 is 4.74 Å². The lowest BCUT2D eigenvalue weighted by Gasteiger charge is -2.36. The first-order valence-electron chi connectivity index (χ1n) is 7.88. The van der Waals surface area contributed by atoms with E-state index in [1.54, 1.807) is 0 Å². The first-order chi connectivity index (χ1) is 9.80. The van der Waals surface area contributed by atoms with Gasteiger partial charge in [-0.2, -0.15) is 0 Å². The van der Waals surface area contributed by atoms with Crippen LogP contribution in [0.25, 0.3) is 0 Å². The Hall–Kier alpha value is -0.910. The number of aryl methyl sites for hydroxylation is 1. The van der Waals surface area contributed by atoms with Gasteiger partial charge in [-0.25, -0.2) is 4.98 Å². The quantitative estimate of drug-likeness (QED) is 0.825. The highest BCUT2D eigenvalue weighted by atomic mass is 16.5. The van der Waals surface area contributed by atoms with Crippen LogP contribution in [0.15, 0.2) is 12.4 Å². The van der Waals surface area contributed by atoms with Gasteiger partial charge in [0.2, 0.25) is 0 Å². The normalized spacial score (nSPS) is 22.1. The SMILES string of the molecule is CCCNC(c1nccn1CC)C1CN(CC)CCO1. The van der Waals surface area contributed by atoms with Crippen molar-refractivity contribution >= 4 is 0 Å². The van der Waals surface area contributed by atoms with Gasteiger partial charge >= 0.3 is 0 Å². The van der Waals surface area contributed by atoms with Crippen LogP contribution in [0.4, 0.5) is 0 Å². The van der Waals surface area contributed by atoms with Crippen LogP contribution in [-0.4, -0.2) is 53.3 Å². The third kappa shape index (κ3) is 3.59. The van der Waals surface area contributed by atoms with E-state index in [9.17, 15) is 0 Å². The summed E-state index contributed by atoms with van der Waals surface area (Å²) in [6, 6.07) is 0.180. The van der Waals surface area contributed by atoms with Crippen molar-refractivity contribution in [2.45, 2.75) is 45.9 Å². The molecule has 0 saturated carbocycles. The van der Waals surface area contributed by atoms with E-state index in [1.165, 1.54) is 0 Å². The van der Waals surface area contributed by atoms with Gasteiger partial charge in [0, 0.05) is 32.0 Å². The molecule has 0 aliphatic carbocycles. The standard InChI is InChI=1S/C15H28N4O/c1-4-7-16-14(15-17-8-9-19(15)6-3)13-12-18(5-2)10-11-20-13/h8-9,13-14,16H,4-7,10-12H2,1-3H3. The minimum Gasteiger partial charge on any atom is -0.373 e. The smallest absolute Gasteiger partial charge is 0.128 e. The van der Waals surface area contributed by atoms with E-state index in [2.05, 4.69) is 46.7 Å². The van der Waals surface area contributed by atoms with Crippen molar-refractivity contribution in [3.63, 3.8) is 0 Å². The summed E-state index contributed by atoms with van der Waals surface area (Å²) < 4.78 is 8.24. The van der Waals surface area contributed by atoms with Crippen LogP contribution in [-0.2, 0) is 11.3 Å². The van der Waals surface area contributed by atoms with Crippen molar-refractivity contribution in [3.8, 4) is 0 Å². The average molecular weight is 280 g/mol. The summed E-state index contributed by atoms with van der Waals surface area (Å²) in [6.07, 6.45) is 5.24. The van der Waals surface area contributed by atoms with E-state index in [0.717, 1.165) is 51.6 Å². The number of rotatable bonds is 7. The van der Waals surface area contributed by atoms with Crippen LogP contribution in [0.3, 0.4) is 0 Å². The molecule has 2 heterocycles. The fraction of sp³-hybridized carbons (Fsp3) is 0.800. The van der Waals surface area contributed by atoms with Crippen LogP contribution in [0, 0.1) is 0 Å². The first kappa shape index (κ1) is 15.5. The van der Waals surface area contributed by atoms with Gasteiger partial charge in [-0.1, -0.05) is 13.8 Å². The number of imidazole rings is 1. The van der Waals surface area contributed by atoms with Crippen LogP contribution < -0.4 is 5.32 Å². The predicted molar refractivity (Wildman–Crippen MR) is 80.8 cm³/mol. The summed E-state index contributed by atoms with van der Waals surface area (Å²) in [7, 11) is 0. The van der Waals surface area contributed by atoms with E-state index in [-0.39, 0.29) is 12.1 Å². The predicted octanol–water partition coefficient (Wildman–Crippen LogP) is 1.66. The molecular formula is C15H28N4O. The molecule has 114 valence electrons. The molecule has 0 spiro atoms. The minimum atomic E-state index is 0.180. The molecule has 2 rings (SSSR count). The van der Waals surface area contributed by atoms with Crippen molar-refractivity contribution in [2.75, 3.05) is 32.8 Å². The first-order valence-corrected chi connectivity index (χ1v) is 7.88. The van der Waals surface area contributed by atoms with Crippen molar-refractivity contribution in [3.05, 3.63) is 18.2 Å². The fourth-order valence-corrected chi connectivity index (χ4v) is 2.78. The van der Waals surface area contributed by atoms with Gasteiger partial charge in [-0.3, -0.25) is 4.90 Å². The molecule has 1 saturated heterocycles. The van der Waals surface area contributed by atoms with Gasteiger partial charge in [0.25, 0.3) is 0 Å². The van der Waals surface area contributed by atoms with E-state index in [1.807, 2.05) is 6.20 Å². The topological polar surface area (TPSA) is 42.3 Å². The summed E-state index contributed by atoms with van der Waals surface area (Å²) in [5.41, 5.74) is 0. The number of nitrogens with zero attached hydrogens (tertiary/aromatic N) is 3. The molecule has 5 nitrogen and oxygen atoms in total. The van der Waals surface area contributed by atoms with Crippen LogP contribution in [0.2, 0.25) is 0 Å². The van der Waals surface area contributed by atoms with E-state index in [0.29, 0.717) is 0 Å². The zero-order valence-corrected chi connectivity index (χ0v) is 13.0. The Kier molecular flexibility index (Phi) is 6.01. The molecule has 1 aromatic rings. The number of hydrogen-bond acceptors (Lipinski definition) is 4. The molecule has 2 atom stereocenters. The Morgan fingerprint density at radius 2 is 2.25 bits per heavy atom. The second-order valence-corrected chi connectivity index (χ2v) is 5.31.